The van der Waals surface area contributed by atoms with E-state index in [2.05, 4.69) is 21.4 Å². The number of morpholine rings is 1. The van der Waals surface area contributed by atoms with E-state index >= 15 is 0 Å². The molecule has 2 aromatic rings. The molecule has 1 aromatic heterocycles. The van der Waals surface area contributed by atoms with E-state index in [1.807, 2.05) is 13.8 Å². The number of benzene rings is 1. The van der Waals surface area contributed by atoms with Crippen molar-refractivity contribution < 1.29 is 22.7 Å². The van der Waals surface area contributed by atoms with Gasteiger partial charge in [0.1, 0.15) is 5.69 Å². The third kappa shape index (κ3) is 4.83. The zero-order chi connectivity index (χ0) is 29.2. The average molecular weight is 581 g/mol. The highest BCUT2D eigenvalue weighted by atomic mass is 32.2. The molecule has 1 N–H and O–H groups in total. The van der Waals surface area contributed by atoms with Crippen LogP contribution >= 0.6 is 0 Å². The molecule has 2 unspecified atom stereocenters. The summed E-state index contributed by atoms with van der Waals surface area (Å²) in [6.07, 6.45) is 2.98. The Balaban J connectivity index is 1.13. The number of hydrogen-bond donors (Lipinski definition) is 1. The van der Waals surface area contributed by atoms with Crippen LogP contribution in [0.25, 0.3) is 0 Å². The monoisotopic (exact) mass is 580 g/mol. The molecule has 7 rings (SSSR count). The van der Waals surface area contributed by atoms with Crippen molar-refractivity contribution >= 4 is 21.7 Å². The van der Waals surface area contributed by atoms with Gasteiger partial charge in [-0.2, -0.15) is 10.4 Å². The van der Waals surface area contributed by atoms with Crippen LogP contribution in [0.3, 0.4) is 0 Å². The predicted octanol–water partition coefficient (Wildman–Crippen LogP) is 1.42. The van der Waals surface area contributed by atoms with E-state index in [0.717, 1.165) is 25.1 Å². The van der Waals surface area contributed by atoms with Crippen LogP contribution in [0.15, 0.2) is 24.3 Å². The summed E-state index contributed by atoms with van der Waals surface area (Å²) in [6.45, 7) is 6.34. The zero-order valence-corrected chi connectivity index (χ0v) is 24.5. The lowest BCUT2D eigenvalue weighted by Crippen LogP contribution is -2.61. The Morgan fingerprint density at radius 2 is 1.88 bits per heavy atom. The quantitative estimate of drug-likeness (QED) is 0.470. The predicted molar refractivity (Wildman–Crippen MR) is 150 cm³/mol. The van der Waals surface area contributed by atoms with E-state index in [1.165, 1.54) is 4.68 Å². The fourth-order valence-electron chi connectivity index (χ4n) is 6.64. The highest BCUT2D eigenvalue weighted by molar-refractivity contribution is 7.94. The van der Waals surface area contributed by atoms with E-state index in [-0.39, 0.29) is 42.8 Å². The highest BCUT2D eigenvalue weighted by Crippen LogP contribution is 2.49. The number of nitriles is 1. The van der Waals surface area contributed by atoms with Gasteiger partial charge in [0, 0.05) is 58.3 Å². The number of hydrogen-bond acceptors (Lipinski definition) is 8. The Kier molecular flexibility index (Phi) is 6.75. The standard InChI is InChI=1S/C29H36N6O5S/c1-28(2,17-34-15-21-12-22(16-34)40-21)41(38,39)29(9-10-29)18-35-11-8-23-24(32-33(3)25(23)27(35)37)26(36)31-14-20-6-4-19(13-30)5-7-20/h4-7,21-22H,8-12,14-18H2,1-3H3,(H,31,36). The molecule has 2 atom stereocenters. The number of rotatable bonds is 9. The van der Waals surface area contributed by atoms with Crippen molar-refractivity contribution in [2.45, 2.75) is 67.8 Å². The molecule has 4 aliphatic heterocycles. The van der Waals surface area contributed by atoms with Crippen molar-refractivity contribution in [2.75, 3.05) is 32.7 Å². The zero-order valence-electron chi connectivity index (χ0n) is 23.7. The second-order valence-electron chi connectivity index (χ2n) is 12.5. The lowest BCUT2D eigenvalue weighted by molar-refractivity contribution is -0.181. The van der Waals surface area contributed by atoms with Crippen molar-refractivity contribution in [3.05, 3.63) is 52.3 Å². The first-order valence-electron chi connectivity index (χ1n) is 14.2. The maximum Gasteiger partial charge on any atom is 0.272 e. The number of sulfone groups is 1. The molecule has 41 heavy (non-hydrogen) atoms. The third-order valence-electron chi connectivity index (χ3n) is 9.04. The Morgan fingerprint density at radius 1 is 1.22 bits per heavy atom. The van der Waals surface area contributed by atoms with E-state index in [4.69, 9.17) is 10.00 Å². The minimum atomic E-state index is -3.57. The first-order chi connectivity index (χ1) is 19.4. The maximum absolute atomic E-state index is 14.0. The van der Waals surface area contributed by atoms with Gasteiger partial charge < -0.3 is 15.0 Å². The fraction of sp³-hybridized carbons (Fsp3) is 0.586. The largest absolute Gasteiger partial charge is 0.372 e. The number of ether oxygens (including phenoxy) is 1. The number of fused-ring (bicyclic) bond motifs is 3. The summed E-state index contributed by atoms with van der Waals surface area (Å²) in [5.41, 5.74) is 2.51. The van der Waals surface area contributed by atoms with Crippen LogP contribution in [-0.2, 0) is 34.6 Å². The SMILES string of the molecule is Cn1nc(C(=O)NCc2ccc(C#N)cc2)c2c1C(=O)N(CC1(S(=O)(=O)C(C)(C)CN3CC4CC(C3)O4)CC1)CC2. The summed E-state index contributed by atoms with van der Waals surface area (Å²) < 4.78 is 33.3. The van der Waals surface area contributed by atoms with Crippen LogP contribution in [0.5, 0.6) is 0 Å². The van der Waals surface area contributed by atoms with Crippen molar-refractivity contribution in [1.82, 2.24) is 24.9 Å². The molecule has 0 radical (unpaired) electrons. The van der Waals surface area contributed by atoms with Crippen molar-refractivity contribution in [3.8, 4) is 6.07 Å². The number of nitrogens with one attached hydrogen (secondary N) is 1. The van der Waals surface area contributed by atoms with E-state index in [0.29, 0.717) is 49.2 Å². The molecule has 218 valence electrons. The van der Waals surface area contributed by atoms with Gasteiger partial charge in [-0.15, -0.1) is 0 Å². The molecule has 5 aliphatic rings. The Morgan fingerprint density at radius 3 is 2.49 bits per heavy atom. The van der Waals surface area contributed by atoms with Gasteiger partial charge in [0.25, 0.3) is 11.8 Å². The van der Waals surface area contributed by atoms with Gasteiger partial charge in [-0.25, -0.2) is 8.42 Å². The lowest BCUT2D eigenvalue weighted by Gasteiger charge is -2.49. The minimum Gasteiger partial charge on any atom is -0.372 e. The number of aryl methyl sites for hydroxylation is 1. The summed E-state index contributed by atoms with van der Waals surface area (Å²) in [4.78, 5) is 30.5. The molecule has 1 saturated carbocycles. The summed E-state index contributed by atoms with van der Waals surface area (Å²) in [5.74, 6) is -0.670. The number of piperidine rings is 1. The number of carbonyl (C=O) groups excluding carboxylic acids is 2. The highest BCUT2D eigenvalue weighted by Gasteiger charge is 2.61. The summed E-state index contributed by atoms with van der Waals surface area (Å²) >= 11 is 0. The van der Waals surface area contributed by atoms with E-state index < -0.39 is 19.3 Å². The maximum atomic E-state index is 14.0. The number of carbonyl (C=O) groups is 2. The number of amides is 2. The molecule has 3 saturated heterocycles. The topological polar surface area (TPSA) is 138 Å². The summed E-state index contributed by atoms with van der Waals surface area (Å²) in [7, 11) is -1.93. The summed E-state index contributed by atoms with van der Waals surface area (Å²) in [5, 5.41) is 16.2. The lowest BCUT2D eigenvalue weighted by atomic mass is 9.98. The smallest absolute Gasteiger partial charge is 0.272 e. The molecule has 1 aromatic carbocycles. The van der Waals surface area contributed by atoms with Gasteiger partial charge in [-0.05, 0) is 50.8 Å². The van der Waals surface area contributed by atoms with Crippen LogP contribution in [0, 0.1) is 11.3 Å². The third-order valence-corrected chi connectivity index (χ3v) is 12.3. The molecule has 2 bridgehead atoms. The first-order valence-corrected chi connectivity index (χ1v) is 15.7. The van der Waals surface area contributed by atoms with Crippen molar-refractivity contribution in [3.63, 3.8) is 0 Å². The molecular weight excluding hydrogens is 544 g/mol. The molecule has 12 heteroatoms. The molecule has 0 spiro atoms. The minimum absolute atomic E-state index is 0.150. The van der Waals surface area contributed by atoms with Crippen LogP contribution in [0.4, 0.5) is 0 Å². The van der Waals surface area contributed by atoms with Gasteiger partial charge in [0.05, 0.1) is 33.3 Å². The Bertz CT molecular complexity index is 1520. The summed E-state index contributed by atoms with van der Waals surface area (Å²) in [6, 6.07) is 9.00. The molecule has 2 amide bonds. The number of aromatic nitrogens is 2. The molecular formula is C29H36N6O5S. The van der Waals surface area contributed by atoms with Crippen LogP contribution in [0.2, 0.25) is 0 Å². The van der Waals surface area contributed by atoms with E-state index in [9.17, 15) is 18.0 Å². The first kappa shape index (κ1) is 27.9. The molecule has 11 nitrogen and oxygen atoms in total. The molecule has 5 heterocycles. The van der Waals surface area contributed by atoms with Crippen LogP contribution in [-0.4, -0.2) is 94.2 Å². The van der Waals surface area contributed by atoms with Crippen molar-refractivity contribution in [2.24, 2.45) is 7.05 Å². The van der Waals surface area contributed by atoms with Gasteiger partial charge in [0.15, 0.2) is 15.5 Å². The van der Waals surface area contributed by atoms with Gasteiger partial charge in [-0.3, -0.25) is 19.2 Å². The fourth-order valence-corrected chi connectivity index (χ4v) is 9.13. The Labute approximate surface area is 240 Å². The van der Waals surface area contributed by atoms with Crippen molar-refractivity contribution in [1.29, 1.82) is 5.26 Å². The van der Waals surface area contributed by atoms with Crippen LogP contribution < -0.4 is 5.32 Å². The average Bonchev–Trinajstić information content (AvgIpc) is 3.64. The number of nitrogens with zero attached hydrogens (tertiary/aromatic N) is 5. The van der Waals surface area contributed by atoms with Gasteiger partial charge >= 0.3 is 0 Å². The van der Waals surface area contributed by atoms with E-state index in [1.54, 1.807) is 36.2 Å². The van der Waals surface area contributed by atoms with Gasteiger partial charge in [0.2, 0.25) is 0 Å². The molecule has 1 aliphatic carbocycles. The second kappa shape index (κ2) is 9.93. The molecule has 4 fully saturated rings. The van der Waals surface area contributed by atoms with Gasteiger partial charge in [-0.1, -0.05) is 12.1 Å². The Hall–Kier alpha value is -3.27. The normalized spacial score (nSPS) is 23.4. The van der Waals surface area contributed by atoms with Crippen LogP contribution in [0.1, 0.15) is 70.8 Å². The second-order valence-corrected chi connectivity index (χ2v) is 15.5.